The number of methoxy groups -OCH3 is 1. The first-order valence-electron chi connectivity index (χ1n) is 12.4. The van der Waals surface area contributed by atoms with Crippen molar-refractivity contribution in [3.05, 3.63) is 54.6 Å². The van der Waals surface area contributed by atoms with Gasteiger partial charge in [0.15, 0.2) is 0 Å². The number of aryl methyl sites for hydroxylation is 1. The molecule has 4 heterocycles. The van der Waals surface area contributed by atoms with Gasteiger partial charge in [-0.1, -0.05) is 0 Å². The molecule has 6 rings (SSSR count). The standard InChI is InChI=1S/C27H29N7O2S/c1-33-15-19(14-31-33)18-11-23-26(24(12-18)36-21-5-7-34(8-6-21)9-10-35-2)27(29-16-28-23)32-20-3-4-22-25(13-20)37-17-30-22/h3-4,11-17,21H,5-10H2,1-2H3,(H,28,29,32). The van der Waals surface area contributed by atoms with Crippen LogP contribution in [0.25, 0.3) is 32.2 Å². The van der Waals surface area contributed by atoms with E-state index in [-0.39, 0.29) is 6.10 Å². The molecule has 1 aliphatic rings. The molecule has 0 amide bonds. The van der Waals surface area contributed by atoms with Gasteiger partial charge in [-0.25, -0.2) is 15.0 Å². The van der Waals surface area contributed by atoms with Crippen molar-refractivity contribution >= 4 is 44.0 Å². The molecule has 37 heavy (non-hydrogen) atoms. The monoisotopic (exact) mass is 515 g/mol. The number of hydrogen-bond donors (Lipinski definition) is 1. The van der Waals surface area contributed by atoms with E-state index in [1.54, 1.807) is 29.5 Å². The van der Waals surface area contributed by atoms with Gasteiger partial charge in [0.05, 0.1) is 39.4 Å². The SMILES string of the molecule is COCCN1CCC(Oc2cc(-c3cnn(C)c3)cc3ncnc(Nc4ccc5ncsc5c4)c23)CC1. The number of rotatable bonds is 8. The number of nitrogens with one attached hydrogen (secondary N) is 1. The molecular formula is C27H29N7O2S. The number of piperidine rings is 1. The van der Waals surface area contributed by atoms with Crippen LogP contribution in [0.4, 0.5) is 11.5 Å². The Morgan fingerprint density at radius 3 is 2.76 bits per heavy atom. The minimum Gasteiger partial charge on any atom is -0.489 e. The van der Waals surface area contributed by atoms with Crippen LogP contribution < -0.4 is 10.1 Å². The van der Waals surface area contributed by atoms with Gasteiger partial charge < -0.3 is 19.7 Å². The Hall–Kier alpha value is -3.60. The van der Waals surface area contributed by atoms with Crippen molar-refractivity contribution in [3.63, 3.8) is 0 Å². The maximum atomic E-state index is 6.71. The zero-order valence-electron chi connectivity index (χ0n) is 20.9. The Labute approximate surface area is 219 Å². The first kappa shape index (κ1) is 23.8. The Balaban J connectivity index is 1.36. The van der Waals surface area contributed by atoms with Crippen molar-refractivity contribution in [2.75, 3.05) is 38.7 Å². The van der Waals surface area contributed by atoms with Crippen molar-refractivity contribution in [1.29, 1.82) is 0 Å². The van der Waals surface area contributed by atoms with Crippen LogP contribution in [-0.2, 0) is 11.8 Å². The van der Waals surface area contributed by atoms with Gasteiger partial charge in [0.25, 0.3) is 0 Å². The Morgan fingerprint density at radius 1 is 1.05 bits per heavy atom. The van der Waals surface area contributed by atoms with Crippen LogP contribution in [0.5, 0.6) is 5.75 Å². The second kappa shape index (κ2) is 10.4. The van der Waals surface area contributed by atoms with E-state index in [0.717, 1.165) is 88.6 Å². The molecule has 5 aromatic rings. The highest BCUT2D eigenvalue weighted by molar-refractivity contribution is 7.16. The molecule has 3 aromatic heterocycles. The lowest BCUT2D eigenvalue weighted by molar-refractivity contribution is 0.0805. The quantitative estimate of drug-likeness (QED) is 0.313. The average Bonchev–Trinajstić information content (AvgIpc) is 3.57. The molecule has 190 valence electrons. The van der Waals surface area contributed by atoms with Gasteiger partial charge in [-0.05, 0) is 48.7 Å². The number of aromatic nitrogens is 5. The third-order valence-corrected chi connectivity index (χ3v) is 7.57. The summed E-state index contributed by atoms with van der Waals surface area (Å²) in [7, 11) is 3.67. The predicted molar refractivity (Wildman–Crippen MR) is 147 cm³/mol. The second-order valence-electron chi connectivity index (χ2n) is 9.30. The van der Waals surface area contributed by atoms with E-state index in [0.29, 0.717) is 0 Å². The molecule has 0 spiro atoms. The van der Waals surface area contributed by atoms with Crippen LogP contribution in [0.15, 0.2) is 54.6 Å². The highest BCUT2D eigenvalue weighted by Crippen LogP contribution is 2.37. The largest absolute Gasteiger partial charge is 0.489 e. The molecule has 0 radical (unpaired) electrons. The summed E-state index contributed by atoms with van der Waals surface area (Å²) in [5, 5.41) is 8.74. The van der Waals surface area contributed by atoms with Crippen molar-refractivity contribution < 1.29 is 9.47 Å². The Bertz CT molecular complexity index is 1520. The lowest BCUT2D eigenvalue weighted by Gasteiger charge is -2.32. The summed E-state index contributed by atoms with van der Waals surface area (Å²) < 4.78 is 14.9. The van der Waals surface area contributed by atoms with E-state index >= 15 is 0 Å². The van der Waals surface area contributed by atoms with Crippen LogP contribution in [0.3, 0.4) is 0 Å². The lowest BCUT2D eigenvalue weighted by Crippen LogP contribution is -2.39. The minimum atomic E-state index is 0.118. The summed E-state index contributed by atoms with van der Waals surface area (Å²) in [4.78, 5) is 16.1. The van der Waals surface area contributed by atoms with Gasteiger partial charge in [0, 0.05) is 51.2 Å². The van der Waals surface area contributed by atoms with Gasteiger partial charge >= 0.3 is 0 Å². The first-order valence-corrected chi connectivity index (χ1v) is 13.3. The number of thiazole rings is 1. The third-order valence-electron chi connectivity index (χ3n) is 6.77. The topological polar surface area (TPSA) is 90.2 Å². The minimum absolute atomic E-state index is 0.118. The number of hydrogen-bond acceptors (Lipinski definition) is 9. The summed E-state index contributed by atoms with van der Waals surface area (Å²) in [5.41, 5.74) is 6.66. The molecule has 1 saturated heterocycles. The molecule has 0 saturated carbocycles. The van der Waals surface area contributed by atoms with E-state index in [1.807, 2.05) is 37.1 Å². The second-order valence-corrected chi connectivity index (χ2v) is 10.2. The highest BCUT2D eigenvalue weighted by atomic mass is 32.1. The molecule has 10 heteroatoms. The molecule has 1 N–H and O–H groups in total. The summed E-state index contributed by atoms with van der Waals surface area (Å²) in [6.07, 6.45) is 7.50. The third kappa shape index (κ3) is 5.13. The van der Waals surface area contributed by atoms with Crippen molar-refractivity contribution in [3.8, 4) is 16.9 Å². The van der Waals surface area contributed by atoms with Gasteiger partial charge in [-0.3, -0.25) is 4.68 Å². The Morgan fingerprint density at radius 2 is 1.95 bits per heavy atom. The molecule has 2 aromatic carbocycles. The summed E-state index contributed by atoms with van der Waals surface area (Å²) in [6, 6.07) is 10.3. The predicted octanol–water partition coefficient (Wildman–Crippen LogP) is 4.87. The molecule has 0 aliphatic carbocycles. The summed E-state index contributed by atoms with van der Waals surface area (Å²) >= 11 is 1.62. The smallest absolute Gasteiger partial charge is 0.145 e. The van der Waals surface area contributed by atoms with Crippen LogP contribution in [0.2, 0.25) is 0 Å². The molecule has 0 bridgehead atoms. The maximum Gasteiger partial charge on any atom is 0.145 e. The lowest BCUT2D eigenvalue weighted by atomic mass is 10.0. The average molecular weight is 516 g/mol. The van der Waals surface area contributed by atoms with Crippen LogP contribution in [-0.4, -0.2) is 69.1 Å². The number of nitrogens with zero attached hydrogens (tertiary/aromatic N) is 6. The van der Waals surface area contributed by atoms with Crippen LogP contribution >= 0.6 is 11.3 Å². The maximum absolute atomic E-state index is 6.71. The van der Waals surface area contributed by atoms with Crippen LogP contribution in [0, 0.1) is 0 Å². The van der Waals surface area contributed by atoms with Gasteiger partial charge in [-0.15, -0.1) is 11.3 Å². The Kier molecular flexibility index (Phi) is 6.69. The number of anilines is 2. The van der Waals surface area contributed by atoms with Crippen molar-refractivity contribution in [1.82, 2.24) is 29.6 Å². The van der Waals surface area contributed by atoms with E-state index in [2.05, 4.69) is 48.5 Å². The zero-order valence-corrected chi connectivity index (χ0v) is 21.7. The van der Waals surface area contributed by atoms with E-state index in [4.69, 9.17) is 9.47 Å². The fourth-order valence-corrected chi connectivity index (χ4v) is 5.52. The van der Waals surface area contributed by atoms with E-state index in [9.17, 15) is 0 Å². The molecule has 1 fully saturated rings. The van der Waals surface area contributed by atoms with E-state index in [1.165, 1.54) is 0 Å². The molecule has 0 unspecified atom stereocenters. The van der Waals surface area contributed by atoms with Gasteiger partial charge in [0.2, 0.25) is 0 Å². The van der Waals surface area contributed by atoms with Gasteiger partial charge in [0.1, 0.15) is 24.0 Å². The van der Waals surface area contributed by atoms with E-state index < -0.39 is 0 Å². The fourth-order valence-electron chi connectivity index (χ4n) is 4.80. The number of likely N-dealkylation sites (tertiary alicyclic amines) is 1. The normalized spacial score (nSPS) is 15.0. The summed E-state index contributed by atoms with van der Waals surface area (Å²) in [6.45, 7) is 3.69. The number of fused-ring (bicyclic) bond motifs is 2. The molecule has 0 atom stereocenters. The highest BCUT2D eigenvalue weighted by Gasteiger charge is 2.23. The van der Waals surface area contributed by atoms with Crippen molar-refractivity contribution in [2.45, 2.75) is 18.9 Å². The summed E-state index contributed by atoms with van der Waals surface area (Å²) in [5.74, 6) is 1.51. The number of benzene rings is 2. The van der Waals surface area contributed by atoms with Crippen molar-refractivity contribution in [2.24, 2.45) is 7.05 Å². The molecule has 1 aliphatic heterocycles. The first-order chi connectivity index (χ1) is 18.2. The number of ether oxygens (including phenoxy) is 2. The molecular weight excluding hydrogens is 486 g/mol. The van der Waals surface area contributed by atoms with Crippen LogP contribution in [0.1, 0.15) is 12.8 Å². The fraction of sp³-hybridized carbons (Fsp3) is 0.333. The zero-order chi connectivity index (χ0) is 25.2. The molecule has 9 nitrogen and oxygen atoms in total. The van der Waals surface area contributed by atoms with Gasteiger partial charge in [-0.2, -0.15) is 5.10 Å².